The quantitative estimate of drug-likeness (QED) is 0.472. The first kappa shape index (κ1) is 11.4. The molecule has 2 aromatic rings. The van der Waals surface area contributed by atoms with E-state index in [1.807, 2.05) is 0 Å². The zero-order valence-electron chi connectivity index (χ0n) is 9.31. The van der Waals surface area contributed by atoms with Crippen molar-refractivity contribution in [2.45, 2.75) is 0 Å². The minimum atomic E-state index is 0. The van der Waals surface area contributed by atoms with E-state index < -0.39 is 0 Å². The molecule has 0 amide bonds. The SMILES string of the molecule is CN1C=[N+](C)c2cccc3cccc1c23.[I-]. The Morgan fingerprint density at radius 1 is 1.06 bits per heavy atom. The molecule has 2 aromatic carbocycles. The molecule has 0 atom stereocenters. The molecule has 0 N–H and O–H groups in total. The van der Waals surface area contributed by atoms with Crippen LogP contribution in [0.4, 0.5) is 11.4 Å². The molecule has 0 bridgehead atoms. The molecule has 0 saturated carbocycles. The van der Waals surface area contributed by atoms with Crippen LogP contribution < -0.4 is 28.9 Å². The smallest absolute Gasteiger partial charge is 0.244 e. The van der Waals surface area contributed by atoms with Crippen LogP contribution in [0.25, 0.3) is 10.8 Å². The summed E-state index contributed by atoms with van der Waals surface area (Å²) in [4.78, 5) is 2.16. The molecule has 0 aliphatic carbocycles. The number of hydrogen-bond donors (Lipinski definition) is 0. The van der Waals surface area contributed by atoms with Crippen molar-refractivity contribution in [2.75, 3.05) is 19.0 Å². The molecule has 1 heterocycles. The van der Waals surface area contributed by atoms with Crippen LogP contribution in [-0.2, 0) is 0 Å². The first-order valence-electron chi connectivity index (χ1n) is 5.10. The number of benzene rings is 2. The van der Waals surface area contributed by atoms with Gasteiger partial charge in [0.2, 0.25) is 6.34 Å². The van der Waals surface area contributed by atoms with Crippen LogP contribution in [0.15, 0.2) is 36.4 Å². The van der Waals surface area contributed by atoms with Gasteiger partial charge in [0.05, 0.1) is 19.5 Å². The van der Waals surface area contributed by atoms with Crippen LogP contribution in [0.5, 0.6) is 0 Å². The average Bonchev–Trinajstić information content (AvgIpc) is 2.25. The van der Waals surface area contributed by atoms with E-state index in [9.17, 15) is 0 Å². The van der Waals surface area contributed by atoms with Gasteiger partial charge in [-0.1, -0.05) is 24.3 Å². The first-order chi connectivity index (χ1) is 7.27. The lowest BCUT2D eigenvalue weighted by Gasteiger charge is -2.18. The number of anilines is 1. The molecule has 3 heteroatoms. The summed E-state index contributed by atoms with van der Waals surface area (Å²) in [5.74, 6) is 0. The third kappa shape index (κ3) is 1.50. The highest BCUT2D eigenvalue weighted by atomic mass is 127. The molecule has 3 rings (SSSR count). The summed E-state index contributed by atoms with van der Waals surface area (Å²) in [5.41, 5.74) is 2.56. The van der Waals surface area contributed by atoms with Crippen LogP contribution in [-0.4, -0.2) is 25.0 Å². The Hall–Kier alpha value is -1.10. The highest BCUT2D eigenvalue weighted by Gasteiger charge is 2.20. The fourth-order valence-corrected chi connectivity index (χ4v) is 2.27. The Kier molecular flexibility index (Phi) is 2.88. The highest BCUT2D eigenvalue weighted by molar-refractivity contribution is 6.06. The zero-order chi connectivity index (χ0) is 10.4. The van der Waals surface area contributed by atoms with E-state index in [0.29, 0.717) is 0 Å². The van der Waals surface area contributed by atoms with Crippen molar-refractivity contribution in [1.82, 2.24) is 0 Å². The van der Waals surface area contributed by atoms with Gasteiger partial charge in [-0.05, 0) is 17.5 Å². The van der Waals surface area contributed by atoms with Crippen molar-refractivity contribution < 1.29 is 28.6 Å². The largest absolute Gasteiger partial charge is 1.00 e. The lowest BCUT2D eigenvalue weighted by Crippen LogP contribution is -3.00. The van der Waals surface area contributed by atoms with E-state index >= 15 is 0 Å². The molecule has 1 aliphatic heterocycles. The second-order valence-electron chi connectivity index (χ2n) is 3.99. The van der Waals surface area contributed by atoms with Crippen LogP contribution in [0.3, 0.4) is 0 Å². The monoisotopic (exact) mass is 324 g/mol. The predicted molar refractivity (Wildman–Crippen MR) is 64.3 cm³/mol. The van der Waals surface area contributed by atoms with Gasteiger partial charge in [-0.25, -0.2) is 9.48 Å². The first-order valence-corrected chi connectivity index (χ1v) is 5.10. The minimum absolute atomic E-state index is 0. The van der Waals surface area contributed by atoms with Crippen LogP contribution in [0.1, 0.15) is 0 Å². The molecule has 0 fully saturated rings. The van der Waals surface area contributed by atoms with Gasteiger partial charge in [-0.3, -0.25) is 0 Å². The Balaban J connectivity index is 0.000000963. The Morgan fingerprint density at radius 2 is 1.75 bits per heavy atom. The second-order valence-corrected chi connectivity index (χ2v) is 3.99. The molecule has 0 saturated heterocycles. The van der Waals surface area contributed by atoms with E-state index in [4.69, 9.17) is 0 Å². The Morgan fingerprint density at radius 3 is 2.50 bits per heavy atom. The highest BCUT2D eigenvalue weighted by Crippen LogP contribution is 2.35. The Bertz CT molecular complexity index is 570. The van der Waals surface area contributed by atoms with Gasteiger partial charge in [0.1, 0.15) is 11.4 Å². The lowest BCUT2D eigenvalue weighted by molar-refractivity contribution is -0.399. The Labute approximate surface area is 112 Å². The fourth-order valence-electron chi connectivity index (χ4n) is 2.27. The average molecular weight is 324 g/mol. The van der Waals surface area contributed by atoms with Crippen molar-refractivity contribution >= 4 is 28.5 Å². The molecule has 16 heavy (non-hydrogen) atoms. The fraction of sp³-hybridized carbons (Fsp3) is 0.154. The maximum absolute atomic E-state index is 2.16. The second kappa shape index (κ2) is 4.05. The van der Waals surface area contributed by atoms with Crippen LogP contribution in [0, 0.1) is 0 Å². The number of halogens is 1. The lowest BCUT2D eigenvalue weighted by atomic mass is 10.0. The zero-order valence-corrected chi connectivity index (χ0v) is 11.5. The molecule has 1 aliphatic rings. The third-order valence-corrected chi connectivity index (χ3v) is 2.97. The van der Waals surface area contributed by atoms with Gasteiger partial charge in [0.15, 0.2) is 0 Å². The van der Waals surface area contributed by atoms with Gasteiger partial charge in [0.25, 0.3) is 0 Å². The van der Waals surface area contributed by atoms with E-state index in [-0.39, 0.29) is 24.0 Å². The van der Waals surface area contributed by atoms with Gasteiger partial charge < -0.3 is 24.0 Å². The van der Waals surface area contributed by atoms with Gasteiger partial charge in [-0.15, -0.1) is 0 Å². The van der Waals surface area contributed by atoms with Gasteiger partial charge >= 0.3 is 0 Å². The third-order valence-electron chi connectivity index (χ3n) is 2.97. The summed E-state index contributed by atoms with van der Waals surface area (Å²) in [5, 5.41) is 2.64. The normalized spacial score (nSPS) is 13.4. The minimum Gasteiger partial charge on any atom is -1.00 e. The molecule has 2 nitrogen and oxygen atoms in total. The summed E-state index contributed by atoms with van der Waals surface area (Å²) in [6.07, 6.45) is 2.11. The molecule has 0 radical (unpaired) electrons. The molecule has 82 valence electrons. The van der Waals surface area contributed by atoms with Crippen molar-refractivity contribution in [3.63, 3.8) is 0 Å². The number of hydrogen-bond acceptors (Lipinski definition) is 1. The summed E-state index contributed by atoms with van der Waals surface area (Å²) in [6, 6.07) is 12.9. The summed E-state index contributed by atoms with van der Waals surface area (Å²) in [6.45, 7) is 0. The maximum Gasteiger partial charge on any atom is 0.244 e. The van der Waals surface area contributed by atoms with E-state index in [2.05, 4.69) is 66.3 Å². The van der Waals surface area contributed by atoms with Crippen molar-refractivity contribution in [1.29, 1.82) is 0 Å². The summed E-state index contributed by atoms with van der Waals surface area (Å²) < 4.78 is 2.16. The molecule has 0 aromatic heterocycles. The van der Waals surface area contributed by atoms with E-state index in [1.165, 1.54) is 22.1 Å². The molecule has 0 spiro atoms. The summed E-state index contributed by atoms with van der Waals surface area (Å²) >= 11 is 0. The number of rotatable bonds is 0. The summed E-state index contributed by atoms with van der Waals surface area (Å²) in [7, 11) is 4.17. The molecule has 0 unspecified atom stereocenters. The van der Waals surface area contributed by atoms with Crippen LogP contribution in [0.2, 0.25) is 0 Å². The van der Waals surface area contributed by atoms with Crippen molar-refractivity contribution in [3.8, 4) is 0 Å². The van der Waals surface area contributed by atoms with Crippen molar-refractivity contribution in [3.05, 3.63) is 36.4 Å². The molecular formula is C13H13IN2. The van der Waals surface area contributed by atoms with E-state index in [1.54, 1.807) is 0 Å². The van der Waals surface area contributed by atoms with Gasteiger partial charge in [-0.2, -0.15) is 0 Å². The van der Waals surface area contributed by atoms with Crippen LogP contribution >= 0.6 is 0 Å². The molecular weight excluding hydrogens is 311 g/mol. The predicted octanol–water partition coefficient (Wildman–Crippen LogP) is -0.404. The maximum atomic E-state index is 2.16. The topological polar surface area (TPSA) is 6.25 Å². The van der Waals surface area contributed by atoms with Gasteiger partial charge in [0, 0.05) is 0 Å². The number of nitrogens with zero attached hydrogens (tertiary/aromatic N) is 2. The van der Waals surface area contributed by atoms with Crippen molar-refractivity contribution in [2.24, 2.45) is 0 Å². The van der Waals surface area contributed by atoms with E-state index in [0.717, 1.165) is 0 Å². The standard InChI is InChI=1S/C13H13N2.HI/c1-14-9-15(2)12-8-4-6-10-5-3-7-11(14)13(10)12;/h3-9H,1-2H3;1H/q+1;/p-1.